The molecule has 2 N–H and O–H groups in total. The monoisotopic (exact) mass is 228 g/mol. The van der Waals surface area contributed by atoms with E-state index in [1.54, 1.807) is 0 Å². The molecule has 0 fully saturated rings. The number of aromatic nitrogens is 2. The Bertz CT molecular complexity index is 290. The molecule has 86 valence electrons. The van der Waals surface area contributed by atoms with Gasteiger partial charge in [0.25, 0.3) is 0 Å². The summed E-state index contributed by atoms with van der Waals surface area (Å²) in [5, 5.41) is 10.7. The number of hydrogen-bond donors (Lipinski definition) is 2. The Kier molecular flexibility index (Phi) is 4.63. The maximum Gasteiger partial charge on any atom is 0.0854 e. The summed E-state index contributed by atoms with van der Waals surface area (Å²) in [5.74, 6) is 0. The first-order valence-electron chi connectivity index (χ1n) is 5.22. The van der Waals surface area contributed by atoms with Crippen LogP contribution in [0.3, 0.4) is 0 Å². The topological polar surface area (TPSA) is 49.8 Å². The molecule has 0 radical (unpaired) electrons. The minimum absolute atomic E-state index is 0.0903. The molecule has 0 amide bonds. The lowest BCUT2D eigenvalue weighted by atomic mass is 9.91. The Morgan fingerprint density at radius 1 is 1.27 bits per heavy atom. The number of nitrogens with zero attached hydrogens (tertiary/aromatic N) is 2. The summed E-state index contributed by atoms with van der Waals surface area (Å²) < 4.78 is 4.02. The van der Waals surface area contributed by atoms with E-state index in [2.05, 4.69) is 41.0 Å². The van der Waals surface area contributed by atoms with Gasteiger partial charge in [-0.2, -0.15) is 0 Å². The molecule has 1 aromatic heterocycles. The number of likely N-dealkylation sites (N-methyl/N-ethyl adjacent to an activating group) is 1. The highest BCUT2D eigenvalue weighted by Gasteiger charge is 2.21. The van der Waals surface area contributed by atoms with Crippen LogP contribution in [-0.2, 0) is 12.0 Å². The average Bonchev–Trinajstić information content (AvgIpc) is 2.59. The molecule has 0 saturated carbocycles. The van der Waals surface area contributed by atoms with Gasteiger partial charge >= 0.3 is 0 Å². The van der Waals surface area contributed by atoms with Gasteiger partial charge in [-0.3, -0.25) is 0 Å². The molecule has 0 unspecified atom stereocenters. The van der Waals surface area contributed by atoms with Crippen molar-refractivity contribution in [2.75, 3.05) is 20.1 Å². The standard InChI is InChI=1S/C10H20N4S/c1-10(2,3)9-8(15-14-13-9)7-12-6-5-11-4/h11-12H,5-7H2,1-4H3. The summed E-state index contributed by atoms with van der Waals surface area (Å²) >= 11 is 1.49. The first-order valence-corrected chi connectivity index (χ1v) is 6.00. The summed E-state index contributed by atoms with van der Waals surface area (Å²) in [6, 6.07) is 0. The molecule has 0 spiro atoms. The van der Waals surface area contributed by atoms with Crippen LogP contribution in [0.4, 0.5) is 0 Å². The lowest BCUT2D eigenvalue weighted by molar-refractivity contribution is 0.553. The van der Waals surface area contributed by atoms with Crippen LogP contribution in [0.15, 0.2) is 0 Å². The van der Waals surface area contributed by atoms with Crippen LogP contribution in [0.2, 0.25) is 0 Å². The van der Waals surface area contributed by atoms with Crippen molar-refractivity contribution in [1.82, 2.24) is 20.2 Å². The highest BCUT2D eigenvalue weighted by Crippen LogP contribution is 2.25. The molecule has 0 bridgehead atoms. The predicted octanol–water partition coefficient (Wildman–Crippen LogP) is 1.14. The Hall–Kier alpha value is -0.520. The van der Waals surface area contributed by atoms with Crippen LogP contribution in [0.5, 0.6) is 0 Å². The number of nitrogens with one attached hydrogen (secondary N) is 2. The van der Waals surface area contributed by atoms with Crippen LogP contribution >= 0.6 is 11.5 Å². The van der Waals surface area contributed by atoms with Crippen LogP contribution in [0, 0.1) is 0 Å². The van der Waals surface area contributed by atoms with Gasteiger partial charge in [0.15, 0.2) is 0 Å². The second-order valence-corrected chi connectivity index (χ2v) is 5.41. The van der Waals surface area contributed by atoms with Crippen molar-refractivity contribution in [3.63, 3.8) is 0 Å². The third-order valence-corrected chi connectivity index (χ3v) is 2.83. The van der Waals surface area contributed by atoms with Gasteiger partial charge in [-0.15, -0.1) is 5.10 Å². The summed E-state index contributed by atoms with van der Waals surface area (Å²) in [6.45, 7) is 9.32. The van der Waals surface area contributed by atoms with Gasteiger partial charge < -0.3 is 10.6 Å². The number of rotatable bonds is 5. The summed E-state index contributed by atoms with van der Waals surface area (Å²) in [6.07, 6.45) is 0. The highest BCUT2D eigenvalue weighted by atomic mass is 32.1. The molecular formula is C10H20N4S. The maximum absolute atomic E-state index is 4.20. The molecule has 1 rings (SSSR count). The molecule has 1 aromatic rings. The third-order valence-electron chi connectivity index (χ3n) is 2.10. The molecule has 0 aliphatic carbocycles. The molecule has 0 saturated heterocycles. The van der Waals surface area contributed by atoms with Gasteiger partial charge in [-0.1, -0.05) is 25.3 Å². The molecule has 15 heavy (non-hydrogen) atoms. The third kappa shape index (κ3) is 3.85. The van der Waals surface area contributed by atoms with Crippen molar-refractivity contribution in [3.8, 4) is 0 Å². The molecule has 0 aliphatic rings. The van der Waals surface area contributed by atoms with Crippen molar-refractivity contribution in [2.45, 2.75) is 32.7 Å². The Morgan fingerprint density at radius 3 is 2.60 bits per heavy atom. The fourth-order valence-electron chi connectivity index (χ4n) is 1.31. The predicted molar refractivity (Wildman–Crippen MR) is 64.2 cm³/mol. The van der Waals surface area contributed by atoms with Gasteiger partial charge in [0.2, 0.25) is 0 Å². The van der Waals surface area contributed by atoms with Gasteiger partial charge in [-0.05, 0) is 18.6 Å². The lowest BCUT2D eigenvalue weighted by Gasteiger charge is -2.16. The smallest absolute Gasteiger partial charge is 0.0854 e. The fraction of sp³-hybridized carbons (Fsp3) is 0.800. The second kappa shape index (κ2) is 5.53. The summed E-state index contributed by atoms with van der Waals surface area (Å²) in [4.78, 5) is 1.25. The van der Waals surface area contributed by atoms with Crippen molar-refractivity contribution in [2.24, 2.45) is 0 Å². The second-order valence-electron chi connectivity index (χ2n) is 4.58. The molecule has 5 heteroatoms. The molecule has 0 aromatic carbocycles. The number of hydrogen-bond acceptors (Lipinski definition) is 5. The zero-order chi connectivity index (χ0) is 11.3. The van der Waals surface area contributed by atoms with Crippen molar-refractivity contribution < 1.29 is 0 Å². The molecule has 0 atom stereocenters. The van der Waals surface area contributed by atoms with E-state index in [9.17, 15) is 0 Å². The Morgan fingerprint density at radius 2 is 2.00 bits per heavy atom. The minimum atomic E-state index is 0.0903. The molecule has 4 nitrogen and oxygen atoms in total. The zero-order valence-electron chi connectivity index (χ0n) is 9.92. The summed E-state index contributed by atoms with van der Waals surface area (Å²) in [7, 11) is 1.95. The van der Waals surface area contributed by atoms with Gasteiger partial charge in [-0.25, -0.2) is 0 Å². The fourth-order valence-corrected chi connectivity index (χ4v) is 2.13. The van der Waals surface area contributed by atoms with Crippen molar-refractivity contribution >= 4 is 11.5 Å². The molecule has 0 aliphatic heterocycles. The van der Waals surface area contributed by atoms with E-state index in [0.29, 0.717) is 0 Å². The normalized spacial score (nSPS) is 12.0. The SMILES string of the molecule is CNCCNCc1snnc1C(C)(C)C. The van der Waals surface area contributed by atoms with Crippen LogP contribution in [0.25, 0.3) is 0 Å². The van der Waals surface area contributed by atoms with Gasteiger partial charge in [0.1, 0.15) is 0 Å². The van der Waals surface area contributed by atoms with Crippen LogP contribution in [0.1, 0.15) is 31.3 Å². The zero-order valence-corrected chi connectivity index (χ0v) is 10.7. The van der Waals surface area contributed by atoms with E-state index in [-0.39, 0.29) is 5.41 Å². The molecule has 1 heterocycles. The largest absolute Gasteiger partial charge is 0.318 e. The van der Waals surface area contributed by atoms with Crippen molar-refractivity contribution in [3.05, 3.63) is 10.6 Å². The Labute approximate surface area is 95.6 Å². The highest BCUT2D eigenvalue weighted by molar-refractivity contribution is 7.05. The van der Waals surface area contributed by atoms with E-state index < -0.39 is 0 Å². The first kappa shape index (κ1) is 12.5. The van der Waals surface area contributed by atoms with E-state index in [0.717, 1.165) is 25.3 Å². The van der Waals surface area contributed by atoms with Crippen LogP contribution in [-0.4, -0.2) is 29.7 Å². The summed E-state index contributed by atoms with van der Waals surface area (Å²) in [5.41, 5.74) is 1.21. The minimum Gasteiger partial charge on any atom is -0.318 e. The first-order chi connectivity index (χ1) is 7.05. The van der Waals surface area contributed by atoms with Crippen LogP contribution < -0.4 is 10.6 Å². The molecular weight excluding hydrogens is 208 g/mol. The van der Waals surface area contributed by atoms with E-state index in [1.807, 2.05) is 7.05 Å². The van der Waals surface area contributed by atoms with Crippen molar-refractivity contribution in [1.29, 1.82) is 0 Å². The van der Waals surface area contributed by atoms with E-state index >= 15 is 0 Å². The lowest BCUT2D eigenvalue weighted by Crippen LogP contribution is -2.25. The average molecular weight is 228 g/mol. The quantitative estimate of drug-likeness (QED) is 0.742. The van der Waals surface area contributed by atoms with Gasteiger partial charge in [0, 0.05) is 25.0 Å². The van der Waals surface area contributed by atoms with E-state index in [4.69, 9.17) is 0 Å². The van der Waals surface area contributed by atoms with Gasteiger partial charge in [0.05, 0.1) is 10.6 Å². The Balaban J connectivity index is 2.51. The van der Waals surface area contributed by atoms with E-state index in [1.165, 1.54) is 16.4 Å². The maximum atomic E-state index is 4.20.